The molecule has 0 saturated heterocycles. The van der Waals surface area contributed by atoms with E-state index in [1.165, 1.54) is 0 Å². The number of halogens is 1. The standard InChI is InChI=1S/C16H19ClN2O2S/c1-12(14-4-3-5-15(17)10-14)19-16-8-6-13(7-9-16)11-18-22(2,20)21/h3-10,12,18-19H,11H2,1-2H3. The molecule has 118 valence electrons. The Morgan fingerprint density at radius 3 is 2.41 bits per heavy atom. The SMILES string of the molecule is CC(Nc1ccc(CNS(C)(=O)=O)cc1)c1cccc(Cl)c1. The summed E-state index contributed by atoms with van der Waals surface area (Å²) in [4.78, 5) is 0. The maximum Gasteiger partial charge on any atom is 0.209 e. The number of nitrogens with one attached hydrogen (secondary N) is 2. The lowest BCUT2D eigenvalue weighted by molar-refractivity contribution is 0.587. The monoisotopic (exact) mass is 338 g/mol. The van der Waals surface area contributed by atoms with Crippen molar-refractivity contribution in [3.05, 3.63) is 64.7 Å². The molecule has 1 unspecified atom stereocenters. The zero-order valence-corrected chi connectivity index (χ0v) is 14.1. The van der Waals surface area contributed by atoms with Gasteiger partial charge >= 0.3 is 0 Å². The minimum Gasteiger partial charge on any atom is -0.379 e. The van der Waals surface area contributed by atoms with Gasteiger partial charge in [-0.1, -0.05) is 35.9 Å². The first-order chi connectivity index (χ1) is 10.3. The summed E-state index contributed by atoms with van der Waals surface area (Å²) in [6.07, 6.45) is 1.15. The van der Waals surface area contributed by atoms with Gasteiger partial charge in [-0.05, 0) is 42.3 Å². The largest absolute Gasteiger partial charge is 0.379 e. The van der Waals surface area contributed by atoms with Crippen LogP contribution >= 0.6 is 11.6 Å². The number of sulfonamides is 1. The van der Waals surface area contributed by atoms with E-state index in [-0.39, 0.29) is 6.04 Å². The second-order valence-corrected chi connectivity index (χ2v) is 7.48. The van der Waals surface area contributed by atoms with Crippen LogP contribution in [0.15, 0.2) is 48.5 Å². The summed E-state index contributed by atoms with van der Waals surface area (Å²) in [5.74, 6) is 0. The van der Waals surface area contributed by atoms with Gasteiger partial charge < -0.3 is 5.32 Å². The summed E-state index contributed by atoms with van der Waals surface area (Å²) in [6, 6.07) is 15.5. The molecule has 2 aromatic carbocycles. The molecule has 0 aliphatic carbocycles. The van der Waals surface area contributed by atoms with Gasteiger partial charge in [-0.2, -0.15) is 0 Å². The summed E-state index contributed by atoms with van der Waals surface area (Å²) < 4.78 is 24.6. The van der Waals surface area contributed by atoms with Crippen LogP contribution in [0.25, 0.3) is 0 Å². The van der Waals surface area contributed by atoms with Gasteiger partial charge in [0.2, 0.25) is 10.0 Å². The predicted molar refractivity (Wildman–Crippen MR) is 91.6 cm³/mol. The van der Waals surface area contributed by atoms with Crippen LogP contribution in [-0.2, 0) is 16.6 Å². The molecule has 0 saturated carbocycles. The Hall–Kier alpha value is -1.56. The minimum atomic E-state index is -3.17. The molecular formula is C16H19ClN2O2S. The summed E-state index contributed by atoms with van der Waals surface area (Å²) in [7, 11) is -3.17. The van der Waals surface area contributed by atoms with Crippen molar-refractivity contribution in [1.29, 1.82) is 0 Å². The molecule has 6 heteroatoms. The van der Waals surface area contributed by atoms with Crippen molar-refractivity contribution < 1.29 is 8.42 Å². The molecule has 22 heavy (non-hydrogen) atoms. The zero-order valence-electron chi connectivity index (χ0n) is 12.5. The van der Waals surface area contributed by atoms with Gasteiger partial charge in [0.1, 0.15) is 0 Å². The summed E-state index contributed by atoms with van der Waals surface area (Å²) in [6.45, 7) is 2.35. The van der Waals surface area contributed by atoms with E-state index < -0.39 is 10.0 Å². The van der Waals surface area contributed by atoms with E-state index in [4.69, 9.17) is 11.6 Å². The normalized spacial score (nSPS) is 12.9. The van der Waals surface area contributed by atoms with E-state index in [9.17, 15) is 8.42 Å². The van der Waals surface area contributed by atoms with Crippen molar-refractivity contribution in [1.82, 2.24) is 4.72 Å². The van der Waals surface area contributed by atoms with Crippen LogP contribution in [0.5, 0.6) is 0 Å². The molecule has 0 fully saturated rings. The number of rotatable bonds is 6. The lowest BCUT2D eigenvalue weighted by Crippen LogP contribution is -2.21. The highest BCUT2D eigenvalue weighted by atomic mass is 35.5. The van der Waals surface area contributed by atoms with Crippen LogP contribution in [0.2, 0.25) is 5.02 Å². The molecule has 0 radical (unpaired) electrons. The number of hydrogen-bond acceptors (Lipinski definition) is 3. The van der Waals surface area contributed by atoms with E-state index in [1.54, 1.807) is 0 Å². The quantitative estimate of drug-likeness (QED) is 0.846. The zero-order chi connectivity index (χ0) is 16.2. The highest BCUT2D eigenvalue weighted by molar-refractivity contribution is 7.88. The lowest BCUT2D eigenvalue weighted by atomic mass is 10.1. The highest BCUT2D eigenvalue weighted by Gasteiger charge is 2.06. The van der Waals surface area contributed by atoms with E-state index in [1.807, 2.05) is 48.5 Å². The molecule has 0 spiro atoms. The molecule has 2 rings (SSSR count). The van der Waals surface area contributed by atoms with E-state index in [0.717, 1.165) is 23.1 Å². The van der Waals surface area contributed by atoms with Gasteiger partial charge in [0.25, 0.3) is 0 Å². The molecule has 2 N–H and O–H groups in total. The molecule has 0 bridgehead atoms. The number of benzene rings is 2. The van der Waals surface area contributed by atoms with Crippen molar-refractivity contribution in [2.45, 2.75) is 19.5 Å². The van der Waals surface area contributed by atoms with E-state index in [2.05, 4.69) is 17.0 Å². The molecule has 0 aliphatic heterocycles. The minimum absolute atomic E-state index is 0.124. The fourth-order valence-corrected chi connectivity index (χ4v) is 2.67. The molecule has 0 aromatic heterocycles. The van der Waals surface area contributed by atoms with E-state index >= 15 is 0 Å². The van der Waals surface area contributed by atoms with Crippen molar-refractivity contribution in [3.63, 3.8) is 0 Å². The first-order valence-electron chi connectivity index (χ1n) is 6.89. The summed E-state index contributed by atoms with van der Waals surface area (Å²) >= 11 is 6.00. The van der Waals surface area contributed by atoms with Crippen LogP contribution in [0, 0.1) is 0 Å². The number of hydrogen-bond donors (Lipinski definition) is 2. The van der Waals surface area contributed by atoms with Gasteiger partial charge in [-0.25, -0.2) is 13.1 Å². The van der Waals surface area contributed by atoms with E-state index in [0.29, 0.717) is 11.6 Å². The summed E-state index contributed by atoms with van der Waals surface area (Å²) in [5, 5.41) is 4.10. The van der Waals surface area contributed by atoms with Crippen molar-refractivity contribution in [2.75, 3.05) is 11.6 Å². The first kappa shape index (κ1) is 16.8. The maximum atomic E-state index is 11.1. The van der Waals surface area contributed by atoms with Crippen LogP contribution < -0.4 is 10.0 Å². The second kappa shape index (κ2) is 7.13. The van der Waals surface area contributed by atoms with Crippen LogP contribution in [-0.4, -0.2) is 14.7 Å². The van der Waals surface area contributed by atoms with Gasteiger partial charge in [0.05, 0.1) is 6.26 Å². The topological polar surface area (TPSA) is 58.2 Å². The van der Waals surface area contributed by atoms with Gasteiger partial charge in [0.15, 0.2) is 0 Å². The van der Waals surface area contributed by atoms with Crippen molar-refractivity contribution in [2.24, 2.45) is 0 Å². The van der Waals surface area contributed by atoms with Gasteiger partial charge in [0, 0.05) is 23.3 Å². The smallest absolute Gasteiger partial charge is 0.209 e. The third-order valence-electron chi connectivity index (χ3n) is 3.22. The molecular weight excluding hydrogens is 320 g/mol. The Balaban J connectivity index is 1.99. The van der Waals surface area contributed by atoms with Crippen molar-refractivity contribution in [3.8, 4) is 0 Å². The Labute approximate surface area is 136 Å². The molecule has 2 aromatic rings. The molecule has 4 nitrogen and oxygen atoms in total. The third-order valence-corrected chi connectivity index (χ3v) is 4.13. The Kier molecular flexibility index (Phi) is 5.45. The summed E-state index contributed by atoms with van der Waals surface area (Å²) in [5.41, 5.74) is 2.98. The van der Waals surface area contributed by atoms with Crippen LogP contribution in [0.4, 0.5) is 5.69 Å². The van der Waals surface area contributed by atoms with Crippen molar-refractivity contribution >= 4 is 27.3 Å². The molecule has 0 amide bonds. The number of anilines is 1. The Bertz CT molecular complexity index is 730. The predicted octanol–water partition coefficient (Wildman–Crippen LogP) is 3.56. The van der Waals surface area contributed by atoms with Crippen LogP contribution in [0.1, 0.15) is 24.1 Å². The highest BCUT2D eigenvalue weighted by Crippen LogP contribution is 2.22. The third kappa shape index (κ3) is 5.33. The maximum absolute atomic E-state index is 11.1. The lowest BCUT2D eigenvalue weighted by Gasteiger charge is -2.16. The Morgan fingerprint density at radius 1 is 1.14 bits per heavy atom. The first-order valence-corrected chi connectivity index (χ1v) is 9.16. The Morgan fingerprint density at radius 2 is 1.82 bits per heavy atom. The van der Waals surface area contributed by atoms with Gasteiger partial charge in [-0.15, -0.1) is 0 Å². The molecule has 0 aliphatic rings. The average Bonchev–Trinajstić information content (AvgIpc) is 2.46. The average molecular weight is 339 g/mol. The fourth-order valence-electron chi connectivity index (χ4n) is 2.04. The fraction of sp³-hybridized carbons (Fsp3) is 0.250. The second-order valence-electron chi connectivity index (χ2n) is 5.21. The van der Waals surface area contributed by atoms with Crippen LogP contribution in [0.3, 0.4) is 0 Å². The molecule has 1 atom stereocenters. The van der Waals surface area contributed by atoms with Gasteiger partial charge in [-0.3, -0.25) is 0 Å². The molecule has 0 heterocycles.